The van der Waals surface area contributed by atoms with Gasteiger partial charge in [0.05, 0.1) is 38.3 Å². The van der Waals surface area contributed by atoms with Gasteiger partial charge in [-0.1, -0.05) is 48.9 Å². The number of carbonyl (C=O) groups is 1. The van der Waals surface area contributed by atoms with Crippen LogP contribution in [0.15, 0.2) is 54.6 Å². The summed E-state index contributed by atoms with van der Waals surface area (Å²) in [6.07, 6.45) is 0.495. The third-order valence-corrected chi connectivity index (χ3v) is 5.76. The molecule has 0 aliphatic rings. The van der Waals surface area contributed by atoms with Crippen molar-refractivity contribution in [2.75, 3.05) is 13.7 Å². The van der Waals surface area contributed by atoms with E-state index in [0.29, 0.717) is 30.3 Å². The lowest BCUT2D eigenvalue weighted by molar-refractivity contribution is -0.172. The molecule has 1 atom stereocenters. The highest BCUT2D eigenvalue weighted by Crippen LogP contribution is 2.28. The van der Waals surface area contributed by atoms with Crippen molar-refractivity contribution in [1.29, 1.82) is 0 Å². The third-order valence-electron chi connectivity index (χ3n) is 5.39. The van der Waals surface area contributed by atoms with Crippen LogP contribution in [-0.2, 0) is 27.4 Å². The van der Waals surface area contributed by atoms with E-state index in [0.717, 1.165) is 22.6 Å². The largest absolute Gasteiger partial charge is 0.497 e. The SMILES string of the molecule is CCOC(=O)C(C)(CC)OCc1cc(-c2cccc(OC)c2)n(Cc2ccccc2Cl)n1. The number of carbonyl (C=O) groups excluding carboxylic acids is 1. The zero-order valence-corrected chi connectivity index (χ0v) is 19.7. The van der Waals surface area contributed by atoms with Crippen molar-refractivity contribution in [3.8, 4) is 17.0 Å². The molecule has 1 unspecified atom stereocenters. The van der Waals surface area contributed by atoms with Crippen LogP contribution in [0, 0.1) is 0 Å². The van der Waals surface area contributed by atoms with Crippen LogP contribution < -0.4 is 4.74 Å². The van der Waals surface area contributed by atoms with Crippen molar-refractivity contribution in [1.82, 2.24) is 9.78 Å². The van der Waals surface area contributed by atoms with Crippen LogP contribution in [0.2, 0.25) is 5.02 Å². The van der Waals surface area contributed by atoms with Crippen molar-refractivity contribution in [2.45, 2.75) is 45.9 Å². The minimum Gasteiger partial charge on any atom is -0.497 e. The number of hydrogen-bond donors (Lipinski definition) is 0. The molecule has 7 heteroatoms. The minimum atomic E-state index is -1.03. The Kier molecular flexibility index (Phi) is 7.94. The Hall–Kier alpha value is -2.83. The van der Waals surface area contributed by atoms with E-state index in [1.807, 2.05) is 66.2 Å². The summed E-state index contributed by atoms with van der Waals surface area (Å²) in [6.45, 7) is 6.41. The molecular formula is C25H29ClN2O4. The van der Waals surface area contributed by atoms with E-state index in [9.17, 15) is 4.79 Å². The normalized spacial score (nSPS) is 12.9. The van der Waals surface area contributed by atoms with E-state index in [4.69, 9.17) is 30.9 Å². The van der Waals surface area contributed by atoms with Gasteiger partial charge in [0.2, 0.25) is 0 Å². The molecule has 0 bridgehead atoms. The number of rotatable bonds is 10. The molecule has 0 amide bonds. The first kappa shape index (κ1) is 23.8. The Labute approximate surface area is 194 Å². The lowest BCUT2D eigenvalue weighted by Crippen LogP contribution is -2.39. The van der Waals surface area contributed by atoms with Gasteiger partial charge in [0.1, 0.15) is 5.75 Å². The van der Waals surface area contributed by atoms with Crippen LogP contribution in [0.1, 0.15) is 38.4 Å². The Bertz CT molecular complexity index is 1070. The standard InChI is InChI=1S/C25H29ClN2O4/c1-5-25(3,24(29)31-6-2)32-17-20-15-23(18-11-9-12-21(14-18)30-4)28(27-20)16-19-10-7-8-13-22(19)26/h7-15H,5-6,16-17H2,1-4H3. The van der Waals surface area contributed by atoms with Gasteiger partial charge in [-0.15, -0.1) is 0 Å². The van der Waals surface area contributed by atoms with Crippen molar-refractivity contribution < 1.29 is 19.0 Å². The molecule has 0 N–H and O–H groups in total. The van der Waals surface area contributed by atoms with E-state index < -0.39 is 5.60 Å². The number of aromatic nitrogens is 2. The molecule has 0 radical (unpaired) electrons. The van der Waals surface area contributed by atoms with Gasteiger partial charge >= 0.3 is 5.97 Å². The minimum absolute atomic E-state index is 0.176. The van der Waals surface area contributed by atoms with Gasteiger partial charge in [0.25, 0.3) is 0 Å². The first-order valence-electron chi connectivity index (χ1n) is 10.7. The second-order valence-electron chi connectivity index (χ2n) is 7.60. The highest BCUT2D eigenvalue weighted by atomic mass is 35.5. The third kappa shape index (κ3) is 5.50. The Balaban J connectivity index is 1.93. The fourth-order valence-electron chi connectivity index (χ4n) is 3.29. The molecule has 1 aromatic heterocycles. The van der Waals surface area contributed by atoms with Gasteiger partial charge < -0.3 is 14.2 Å². The van der Waals surface area contributed by atoms with Crippen LogP contribution in [0.4, 0.5) is 0 Å². The average molecular weight is 457 g/mol. The Morgan fingerprint density at radius 3 is 2.59 bits per heavy atom. The van der Waals surface area contributed by atoms with Crippen LogP contribution in [-0.4, -0.2) is 35.1 Å². The highest BCUT2D eigenvalue weighted by molar-refractivity contribution is 6.31. The van der Waals surface area contributed by atoms with Gasteiger partial charge in [-0.25, -0.2) is 4.79 Å². The maximum Gasteiger partial charge on any atom is 0.338 e. The number of benzene rings is 2. The van der Waals surface area contributed by atoms with Crippen LogP contribution >= 0.6 is 11.6 Å². The van der Waals surface area contributed by atoms with Crippen LogP contribution in [0.3, 0.4) is 0 Å². The summed E-state index contributed by atoms with van der Waals surface area (Å²) in [5, 5.41) is 5.44. The molecule has 0 fully saturated rings. The van der Waals surface area contributed by atoms with Gasteiger partial charge in [-0.3, -0.25) is 4.68 Å². The molecule has 0 spiro atoms. The smallest absolute Gasteiger partial charge is 0.338 e. The van der Waals surface area contributed by atoms with Crippen LogP contribution in [0.25, 0.3) is 11.3 Å². The maximum atomic E-state index is 12.4. The Morgan fingerprint density at radius 1 is 1.12 bits per heavy atom. The molecule has 32 heavy (non-hydrogen) atoms. The molecule has 0 saturated heterocycles. The predicted molar refractivity (Wildman–Crippen MR) is 125 cm³/mol. The molecule has 0 aliphatic carbocycles. The highest BCUT2D eigenvalue weighted by Gasteiger charge is 2.34. The quantitative estimate of drug-likeness (QED) is 0.376. The lowest BCUT2D eigenvalue weighted by Gasteiger charge is -2.25. The summed E-state index contributed by atoms with van der Waals surface area (Å²) >= 11 is 6.39. The van der Waals surface area contributed by atoms with E-state index in [2.05, 4.69) is 0 Å². The molecule has 2 aromatic carbocycles. The summed E-state index contributed by atoms with van der Waals surface area (Å²) in [5.74, 6) is 0.387. The zero-order chi connectivity index (χ0) is 23.1. The molecule has 0 aliphatic heterocycles. The van der Waals surface area contributed by atoms with E-state index >= 15 is 0 Å². The summed E-state index contributed by atoms with van der Waals surface area (Å²) < 4.78 is 18.5. The molecule has 0 saturated carbocycles. The van der Waals surface area contributed by atoms with E-state index in [-0.39, 0.29) is 12.6 Å². The number of esters is 1. The summed E-state index contributed by atoms with van der Waals surface area (Å²) in [7, 11) is 1.64. The monoisotopic (exact) mass is 456 g/mol. The first-order chi connectivity index (χ1) is 15.4. The first-order valence-corrected chi connectivity index (χ1v) is 11.0. The number of ether oxygens (including phenoxy) is 3. The summed E-state index contributed by atoms with van der Waals surface area (Å²) in [6, 6.07) is 17.4. The summed E-state index contributed by atoms with van der Waals surface area (Å²) in [4.78, 5) is 12.4. The summed E-state index contributed by atoms with van der Waals surface area (Å²) in [5.41, 5.74) is 2.49. The number of nitrogens with zero attached hydrogens (tertiary/aromatic N) is 2. The number of hydrogen-bond acceptors (Lipinski definition) is 5. The molecule has 3 rings (SSSR count). The molecule has 3 aromatic rings. The second-order valence-corrected chi connectivity index (χ2v) is 8.00. The predicted octanol–water partition coefficient (Wildman–Crippen LogP) is 5.51. The van der Waals surface area contributed by atoms with Crippen molar-refractivity contribution in [3.63, 3.8) is 0 Å². The van der Waals surface area contributed by atoms with Crippen molar-refractivity contribution in [2.24, 2.45) is 0 Å². The fraction of sp³-hybridized carbons (Fsp3) is 0.360. The van der Waals surface area contributed by atoms with Crippen molar-refractivity contribution >= 4 is 17.6 Å². The Morgan fingerprint density at radius 2 is 1.91 bits per heavy atom. The number of halogens is 1. The maximum absolute atomic E-state index is 12.4. The van der Waals surface area contributed by atoms with E-state index in [1.165, 1.54) is 0 Å². The van der Waals surface area contributed by atoms with Gasteiger partial charge in [-0.2, -0.15) is 5.10 Å². The zero-order valence-electron chi connectivity index (χ0n) is 18.9. The lowest BCUT2D eigenvalue weighted by atomic mass is 10.0. The molecule has 6 nitrogen and oxygen atoms in total. The van der Waals surface area contributed by atoms with Crippen molar-refractivity contribution in [3.05, 3.63) is 70.9 Å². The molecule has 170 valence electrons. The van der Waals surface area contributed by atoms with Gasteiger partial charge in [-0.05, 0) is 50.1 Å². The second kappa shape index (κ2) is 10.7. The van der Waals surface area contributed by atoms with Gasteiger partial charge in [0.15, 0.2) is 5.60 Å². The molecule has 1 heterocycles. The average Bonchev–Trinajstić information content (AvgIpc) is 3.22. The fourth-order valence-corrected chi connectivity index (χ4v) is 3.48. The topological polar surface area (TPSA) is 62.6 Å². The van der Waals surface area contributed by atoms with E-state index in [1.54, 1.807) is 21.0 Å². The molecular weight excluding hydrogens is 428 g/mol. The number of methoxy groups -OCH3 is 1. The van der Waals surface area contributed by atoms with Crippen LogP contribution in [0.5, 0.6) is 5.75 Å². The van der Waals surface area contributed by atoms with Gasteiger partial charge in [0, 0.05) is 10.6 Å².